The quantitative estimate of drug-likeness (QED) is 0.688. The van der Waals surface area contributed by atoms with Crippen LogP contribution in [0.15, 0.2) is 34.7 Å². The molecule has 13 heavy (non-hydrogen) atoms. The molecule has 1 aromatic carbocycles. The van der Waals surface area contributed by atoms with Crippen molar-refractivity contribution >= 4 is 11.7 Å². The fraction of sp³-hybridized carbons (Fsp3) is 0. The number of nitrogens with two attached hydrogens (primary N) is 2. The molecular formula is C9H9N3O. The number of anilines is 2. The second-order valence-corrected chi connectivity index (χ2v) is 2.63. The third kappa shape index (κ3) is 1.33. The molecule has 4 nitrogen and oxygen atoms in total. The van der Waals surface area contributed by atoms with Crippen LogP contribution in [0.3, 0.4) is 0 Å². The third-order valence-electron chi connectivity index (χ3n) is 1.70. The standard InChI is InChI=1S/C9H9N3O/c10-7-8(11)13-9(12-7)6-4-2-1-3-5-6/h1-5H,10-11H2. The monoisotopic (exact) mass is 175 g/mol. The Bertz CT molecular complexity index is 389. The predicted molar refractivity (Wildman–Crippen MR) is 50.8 cm³/mol. The lowest BCUT2D eigenvalue weighted by atomic mass is 10.2. The van der Waals surface area contributed by atoms with Crippen LogP contribution in [0.5, 0.6) is 0 Å². The van der Waals surface area contributed by atoms with Crippen molar-refractivity contribution < 1.29 is 4.42 Å². The van der Waals surface area contributed by atoms with E-state index in [1.54, 1.807) is 0 Å². The van der Waals surface area contributed by atoms with Crippen LogP contribution in [0.2, 0.25) is 0 Å². The smallest absolute Gasteiger partial charge is 0.235 e. The van der Waals surface area contributed by atoms with Crippen molar-refractivity contribution in [1.29, 1.82) is 0 Å². The largest absolute Gasteiger partial charge is 0.419 e. The Morgan fingerprint density at radius 2 is 1.77 bits per heavy atom. The van der Waals surface area contributed by atoms with Gasteiger partial charge in [-0.3, -0.25) is 0 Å². The van der Waals surface area contributed by atoms with Crippen LogP contribution in [0.25, 0.3) is 11.5 Å². The fourth-order valence-corrected chi connectivity index (χ4v) is 1.05. The van der Waals surface area contributed by atoms with Crippen molar-refractivity contribution in [3.05, 3.63) is 30.3 Å². The molecule has 0 saturated carbocycles. The highest BCUT2D eigenvalue weighted by atomic mass is 16.4. The van der Waals surface area contributed by atoms with E-state index in [1.165, 1.54) is 0 Å². The van der Waals surface area contributed by atoms with Crippen molar-refractivity contribution in [2.75, 3.05) is 11.5 Å². The van der Waals surface area contributed by atoms with Crippen LogP contribution in [0.1, 0.15) is 0 Å². The number of rotatable bonds is 1. The molecule has 0 amide bonds. The van der Waals surface area contributed by atoms with Crippen LogP contribution < -0.4 is 11.5 Å². The average molecular weight is 175 g/mol. The van der Waals surface area contributed by atoms with Gasteiger partial charge in [-0.15, -0.1) is 0 Å². The minimum Gasteiger partial charge on any atom is -0.419 e. The summed E-state index contributed by atoms with van der Waals surface area (Å²) >= 11 is 0. The molecule has 0 bridgehead atoms. The Hall–Kier alpha value is -1.97. The van der Waals surface area contributed by atoms with E-state index in [0.717, 1.165) is 5.56 Å². The molecule has 1 heterocycles. The van der Waals surface area contributed by atoms with Crippen molar-refractivity contribution in [2.24, 2.45) is 0 Å². The molecule has 2 rings (SSSR count). The minimum atomic E-state index is 0.166. The Morgan fingerprint density at radius 1 is 1.08 bits per heavy atom. The first kappa shape index (κ1) is 7.67. The van der Waals surface area contributed by atoms with Crippen LogP contribution in [0, 0.1) is 0 Å². The van der Waals surface area contributed by atoms with Crippen LogP contribution in [-0.2, 0) is 0 Å². The summed E-state index contributed by atoms with van der Waals surface area (Å²) in [6, 6.07) is 9.46. The molecule has 4 N–H and O–H groups in total. The van der Waals surface area contributed by atoms with E-state index in [-0.39, 0.29) is 11.7 Å². The molecule has 0 fully saturated rings. The molecule has 0 aliphatic rings. The number of benzene rings is 1. The van der Waals surface area contributed by atoms with Crippen molar-refractivity contribution in [3.63, 3.8) is 0 Å². The second kappa shape index (κ2) is 2.82. The Kier molecular flexibility index (Phi) is 1.66. The zero-order valence-electron chi connectivity index (χ0n) is 6.90. The van der Waals surface area contributed by atoms with Gasteiger partial charge < -0.3 is 15.9 Å². The normalized spacial score (nSPS) is 10.2. The summed E-state index contributed by atoms with van der Waals surface area (Å²) in [6.07, 6.45) is 0. The Balaban J connectivity index is 2.48. The molecule has 0 saturated heterocycles. The highest BCUT2D eigenvalue weighted by Gasteiger charge is 2.07. The van der Waals surface area contributed by atoms with Gasteiger partial charge in [-0.1, -0.05) is 18.2 Å². The van der Waals surface area contributed by atoms with E-state index in [1.807, 2.05) is 30.3 Å². The molecule has 0 aliphatic carbocycles. The molecule has 2 aromatic rings. The van der Waals surface area contributed by atoms with Gasteiger partial charge in [0.05, 0.1) is 0 Å². The summed E-state index contributed by atoms with van der Waals surface area (Å²) in [5, 5.41) is 0. The molecule has 0 spiro atoms. The summed E-state index contributed by atoms with van der Waals surface area (Å²) in [7, 11) is 0. The van der Waals surface area contributed by atoms with Gasteiger partial charge in [0.2, 0.25) is 11.8 Å². The number of nitrogen functional groups attached to an aromatic ring is 2. The summed E-state index contributed by atoms with van der Waals surface area (Å²) in [4.78, 5) is 3.97. The molecule has 66 valence electrons. The summed E-state index contributed by atoms with van der Waals surface area (Å²) in [5.74, 6) is 0.855. The number of hydrogen-bond acceptors (Lipinski definition) is 4. The van der Waals surface area contributed by atoms with Crippen molar-refractivity contribution in [2.45, 2.75) is 0 Å². The average Bonchev–Trinajstić information content (AvgIpc) is 2.49. The van der Waals surface area contributed by atoms with E-state index in [2.05, 4.69) is 4.98 Å². The SMILES string of the molecule is Nc1nc(-c2ccccc2)oc1N. The van der Waals surface area contributed by atoms with Crippen LogP contribution in [-0.4, -0.2) is 4.98 Å². The fourth-order valence-electron chi connectivity index (χ4n) is 1.05. The summed E-state index contributed by atoms with van der Waals surface area (Å²) in [6.45, 7) is 0. The molecule has 0 unspecified atom stereocenters. The maximum atomic E-state index is 5.45. The lowest BCUT2D eigenvalue weighted by Gasteiger charge is -1.91. The van der Waals surface area contributed by atoms with Gasteiger partial charge >= 0.3 is 0 Å². The first-order valence-electron chi connectivity index (χ1n) is 3.84. The summed E-state index contributed by atoms with van der Waals surface area (Å²) in [5.41, 5.74) is 11.7. The topological polar surface area (TPSA) is 78.1 Å². The lowest BCUT2D eigenvalue weighted by molar-refractivity contribution is 0.594. The third-order valence-corrected chi connectivity index (χ3v) is 1.70. The molecule has 0 aliphatic heterocycles. The molecule has 0 radical (unpaired) electrons. The first-order valence-corrected chi connectivity index (χ1v) is 3.84. The Morgan fingerprint density at radius 3 is 2.31 bits per heavy atom. The summed E-state index contributed by atoms with van der Waals surface area (Å²) < 4.78 is 5.14. The van der Waals surface area contributed by atoms with Gasteiger partial charge in [0.25, 0.3) is 0 Å². The van der Waals surface area contributed by atoms with E-state index in [9.17, 15) is 0 Å². The first-order chi connectivity index (χ1) is 6.27. The van der Waals surface area contributed by atoms with Crippen molar-refractivity contribution in [3.8, 4) is 11.5 Å². The van der Waals surface area contributed by atoms with Gasteiger partial charge in [0, 0.05) is 5.56 Å². The highest BCUT2D eigenvalue weighted by Crippen LogP contribution is 2.24. The van der Waals surface area contributed by atoms with Gasteiger partial charge in [0.1, 0.15) is 0 Å². The van der Waals surface area contributed by atoms with Gasteiger partial charge in [-0.05, 0) is 12.1 Å². The predicted octanol–water partition coefficient (Wildman–Crippen LogP) is 1.51. The van der Waals surface area contributed by atoms with Gasteiger partial charge in [-0.2, -0.15) is 4.98 Å². The number of aromatic nitrogens is 1. The zero-order chi connectivity index (χ0) is 9.26. The lowest BCUT2D eigenvalue weighted by Crippen LogP contribution is -1.90. The van der Waals surface area contributed by atoms with Crippen LogP contribution >= 0.6 is 0 Å². The van der Waals surface area contributed by atoms with E-state index < -0.39 is 0 Å². The molecule has 1 aromatic heterocycles. The van der Waals surface area contributed by atoms with Crippen molar-refractivity contribution in [1.82, 2.24) is 4.98 Å². The molecule has 4 heteroatoms. The highest BCUT2D eigenvalue weighted by molar-refractivity contribution is 5.61. The number of oxazole rings is 1. The van der Waals surface area contributed by atoms with Crippen LogP contribution in [0.4, 0.5) is 11.7 Å². The minimum absolute atomic E-state index is 0.166. The zero-order valence-corrected chi connectivity index (χ0v) is 6.90. The van der Waals surface area contributed by atoms with E-state index >= 15 is 0 Å². The number of hydrogen-bond donors (Lipinski definition) is 2. The van der Waals surface area contributed by atoms with E-state index in [4.69, 9.17) is 15.9 Å². The Labute approximate surface area is 75.2 Å². The number of nitrogens with zero attached hydrogens (tertiary/aromatic N) is 1. The molecule has 0 atom stereocenters. The maximum absolute atomic E-state index is 5.45. The molecular weight excluding hydrogens is 166 g/mol. The second-order valence-electron chi connectivity index (χ2n) is 2.63. The van der Waals surface area contributed by atoms with Gasteiger partial charge in [-0.25, -0.2) is 0 Å². The van der Waals surface area contributed by atoms with E-state index in [0.29, 0.717) is 5.89 Å². The van der Waals surface area contributed by atoms with Gasteiger partial charge in [0.15, 0.2) is 5.82 Å². The maximum Gasteiger partial charge on any atom is 0.235 e.